The Balaban J connectivity index is 1.98. The molecule has 5 nitrogen and oxygen atoms in total. The monoisotopic (exact) mass is 268 g/mol. The molecule has 0 unspecified atom stereocenters. The Morgan fingerprint density at radius 2 is 2.11 bits per heavy atom. The fourth-order valence-electron chi connectivity index (χ4n) is 2.14. The number of nitrogens with one attached hydrogen (secondary N) is 1. The number of carboxylic acids is 1. The van der Waals surface area contributed by atoms with Gasteiger partial charge in [-0.1, -0.05) is 11.6 Å². The van der Waals surface area contributed by atoms with Crippen molar-refractivity contribution in [2.24, 2.45) is 11.8 Å². The van der Waals surface area contributed by atoms with E-state index in [0.717, 1.165) is 0 Å². The summed E-state index contributed by atoms with van der Waals surface area (Å²) in [5.74, 6) is -1.41. The number of carbonyl (C=O) groups is 2. The minimum atomic E-state index is -0.832. The normalized spacial score (nSPS) is 22.7. The van der Waals surface area contributed by atoms with Gasteiger partial charge in [0.15, 0.2) is 5.82 Å². The molecular weight excluding hydrogens is 256 g/mol. The van der Waals surface area contributed by atoms with Gasteiger partial charge in [-0.25, -0.2) is 4.98 Å². The van der Waals surface area contributed by atoms with Crippen LogP contribution >= 0.6 is 11.6 Å². The molecule has 96 valence electrons. The van der Waals surface area contributed by atoms with Crippen molar-refractivity contribution in [1.29, 1.82) is 0 Å². The molecule has 1 aliphatic rings. The standard InChI is InChI=1S/C12H13ClN2O3/c13-9-2-1-5-14-10(9)15-11(16)7-3-4-8(6-7)12(17)18/h1-2,5,7-8H,3-4,6H2,(H,17,18)(H,14,15,16)/t7-,8+/m1/s1. The Bertz CT molecular complexity index is 478. The third kappa shape index (κ3) is 2.79. The van der Waals surface area contributed by atoms with E-state index in [2.05, 4.69) is 10.3 Å². The molecule has 1 saturated carbocycles. The van der Waals surface area contributed by atoms with Crippen molar-refractivity contribution in [3.8, 4) is 0 Å². The van der Waals surface area contributed by atoms with Gasteiger partial charge in [0.05, 0.1) is 10.9 Å². The molecule has 2 rings (SSSR count). The second-order valence-electron chi connectivity index (χ2n) is 4.37. The molecule has 1 aliphatic carbocycles. The molecule has 0 saturated heterocycles. The lowest BCUT2D eigenvalue weighted by Crippen LogP contribution is -2.22. The van der Waals surface area contributed by atoms with E-state index in [0.29, 0.717) is 30.1 Å². The van der Waals surface area contributed by atoms with Gasteiger partial charge < -0.3 is 10.4 Å². The van der Waals surface area contributed by atoms with Crippen LogP contribution < -0.4 is 5.32 Å². The van der Waals surface area contributed by atoms with Crippen LogP contribution in [-0.2, 0) is 9.59 Å². The first-order chi connectivity index (χ1) is 8.58. The molecule has 0 aliphatic heterocycles. The number of hydrogen-bond acceptors (Lipinski definition) is 3. The summed E-state index contributed by atoms with van der Waals surface area (Å²) in [6.07, 6.45) is 3.05. The van der Waals surface area contributed by atoms with Gasteiger partial charge in [-0.3, -0.25) is 9.59 Å². The van der Waals surface area contributed by atoms with Crippen molar-refractivity contribution in [3.05, 3.63) is 23.4 Å². The predicted molar refractivity (Wildman–Crippen MR) is 66.3 cm³/mol. The highest BCUT2D eigenvalue weighted by Gasteiger charge is 2.34. The molecule has 1 aromatic rings. The highest BCUT2D eigenvalue weighted by atomic mass is 35.5. The van der Waals surface area contributed by atoms with Gasteiger partial charge >= 0.3 is 5.97 Å². The number of aromatic nitrogens is 1. The number of nitrogens with zero attached hydrogens (tertiary/aromatic N) is 1. The minimum Gasteiger partial charge on any atom is -0.481 e. The van der Waals surface area contributed by atoms with Crippen LogP contribution in [-0.4, -0.2) is 22.0 Å². The lowest BCUT2D eigenvalue weighted by Gasteiger charge is -2.10. The first kappa shape index (κ1) is 12.8. The molecule has 1 fully saturated rings. The van der Waals surface area contributed by atoms with Crippen LogP contribution in [0.5, 0.6) is 0 Å². The van der Waals surface area contributed by atoms with Crippen molar-refractivity contribution >= 4 is 29.3 Å². The van der Waals surface area contributed by atoms with Gasteiger partial charge in [0, 0.05) is 12.1 Å². The third-order valence-electron chi connectivity index (χ3n) is 3.15. The quantitative estimate of drug-likeness (QED) is 0.881. The zero-order valence-electron chi connectivity index (χ0n) is 9.60. The molecule has 1 amide bonds. The first-order valence-corrected chi connectivity index (χ1v) is 6.10. The maximum atomic E-state index is 11.9. The van der Waals surface area contributed by atoms with E-state index in [1.807, 2.05) is 0 Å². The number of aliphatic carboxylic acids is 1. The molecule has 0 aromatic carbocycles. The summed E-state index contributed by atoms with van der Waals surface area (Å²) in [7, 11) is 0. The van der Waals surface area contributed by atoms with Crippen molar-refractivity contribution < 1.29 is 14.7 Å². The van der Waals surface area contributed by atoms with Crippen LogP contribution in [0.3, 0.4) is 0 Å². The predicted octanol–water partition coefficient (Wildman–Crippen LogP) is 2.17. The summed E-state index contributed by atoms with van der Waals surface area (Å²) in [6.45, 7) is 0. The average Bonchev–Trinajstić information content (AvgIpc) is 2.81. The Hall–Kier alpha value is -1.62. The third-order valence-corrected chi connectivity index (χ3v) is 3.46. The van der Waals surface area contributed by atoms with Crippen LogP contribution in [0.4, 0.5) is 5.82 Å². The number of amides is 1. The second-order valence-corrected chi connectivity index (χ2v) is 4.78. The fraction of sp³-hybridized carbons (Fsp3) is 0.417. The van der Waals surface area contributed by atoms with Gasteiger partial charge in [0.1, 0.15) is 0 Å². The van der Waals surface area contributed by atoms with Gasteiger partial charge in [0.2, 0.25) is 5.91 Å². The highest BCUT2D eigenvalue weighted by Crippen LogP contribution is 2.32. The Morgan fingerprint density at radius 1 is 1.39 bits per heavy atom. The number of anilines is 1. The maximum absolute atomic E-state index is 11.9. The Labute approximate surface area is 109 Å². The summed E-state index contributed by atoms with van der Waals surface area (Å²) in [5.41, 5.74) is 0. The number of carboxylic acid groups (broad SMARTS) is 1. The Morgan fingerprint density at radius 3 is 2.72 bits per heavy atom. The smallest absolute Gasteiger partial charge is 0.306 e. The number of hydrogen-bond donors (Lipinski definition) is 2. The van der Waals surface area contributed by atoms with Crippen LogP contribution in [0.2, 0.25) is 5.02 Å². The molecule has 0 bridgehead atoms. The second kappa shape index (κ2) is 5.35. The van der Waals surface area contributed by atoms with E-state index in [9.17, 15) is 9.59 Å². The average molecular weight is 269 g/mol. The SMILES string of the molecule is O=C(O)[C@H]1CC[C@@H](C(=O)Nc2ncccc2Cl)C1. The van der Waals surface area contributed by atoms with E-state index in [1.54, 1.807) is 12.1 Å². The van der Waals surface area contributed by atoms with Gasteiger partial charge in [0.25, 0.3) is 0 Å². The van der Waals surface area contributed by atoms with Crippen molar-refractivity contribution in [1.82, 2.24) is 4.98 Å². The van der Waals surface area contributed by atoms with E-state index in [1.165, 1.54) is 6.20 Å². The molecule has 6 heteroatoms. The number of rotatable bonds is 3. The summed E-state index contributed by atoms with van der Waals surface area (Å²) < 4.78 is 0. The van der Waals surface area contributed by atoms with Crippen LogP contribution in [0.1, 0.15) is 19.3 Å². The largest absolute Gasteiger partial charge is 0.481 e. The molecule has 2 N–H and O–H groups in total. The highest BCUT2D eigenvalue weighted by molar-refractivity contribution is 6.33. The van der Waals surface area contributed by atoms with E-state index < -0.39 is 11.9 Å². The van der Waals surface area contributed by atoms with Crippen LogP contribution in [0.15, 0.2) is 18.3 Å². The van der Waals surface area contributed by atoms with Crippen molar-refractivity contribution in [2.75, 3.05) is 5.32 Å². The summed E-state index contributed by atoms with van der Waals surface area (Å²) >= 11 is 5.88. The van der Waals surface area contributed by atoms with E-state index in [-0.39, 0.29) is 11.8 Å². The minimum absolute atomic E-state index is 0.209. The van der Waals surface area contributed by atoms with Crippen LogP contribution in [0.25, 0.3) is 0 Å². The van der Waals surface area contributed by atoms with E-state index >= 15 is 0 Å². The lowest BCUT2D eigenvalue weighted by atomic mass is 10.0. The van der Waals surface area contributed by atoms with Crippen molar-refractivity contribution in [3.63, 3.8) is 0 Å². The zero-order valence-corrected chi connectivity index (χ0v) is 10.4. The molecule has 1 heterocycles. The fourth-order valence-corrected chi connectivity index (χ4v) is 2.31. The zero-order chi connectivity index (χ0) is 13.1. The summed E-state index contributed by atoms with van der Waals surface area (Å²) in [4.78, 5) is 26.7. The number of carbonyl (C=O) groups excluding carboxylic acids is 1. The van der Waals surface area contributed by atoms with Gasteiger partial charge in [-0.2, -0.15) is 0 Å². The van der Waals surface area contributed by atoms with E-state index in [4.69, 9.17) is 16.7 Å². The van der Waals surface area contributed by atoms with Gasteiger partial charge in [-0.05, 0) is 31.4 Å². The lowest BCUT2D eigenvalue weighted by molar-refractivity contribution is -0.141. The maximum Gasteiger partial charge on any atom is 0.306 e. The number of pyridine rings is 1. The number of halogens is 1. The molecule has 0 radical (unpaired) electrons. The summed E-state index contributed by atoms with van der Waals surface area (Å²) in [5, 5.41) is 11.9. The molecule has 1 aromatic heterocycles. The molecule has 0 spiro atoms. The molecular formula is C12H13ClN2O3. The molecule has 2 atom stereocenters. The van der Waals surface area contributed by atoms with Crippen LogP contribution in [0, 0.1) is 11.8 Å². The first-order valence-electron chi connectivity index (χ1n) is 5.72. The summed E-state index contributed by atoms with van der Waals surface area (Å²) in [6, 6.07) is 3.31. The Kier molecular flexibility index (Phi) is 3.81. The molecule has 18 heavy (non-hydrogen) atoms. The topological polar surface area (TPSA) is 79.3 Å². The van der Waals surface area contributed by atoms with Gasteiger partial charge in [-0.15, -0.1) is 0 Å². The van der Waals surface area contributed by atoms with Crippen molar-refractivity contribution in [2.45, 2.75) is 19.3 Å².